The van der Waals surface area contributed by atoms with E-state index in [4.69, 9.17) is 0 Å². The molecule has 0 saturated heterocycles. The molecule has 1 heterocycles. The number of nitrogens with zero attached hydrogens (tertiary/aromatic N) is 2. The maximum absolute atomic E-state index is 12.0. The minimum atomic E-state index is -0.374. The SMILES string of the molecule is O=C(CO)[C@@H]1[C@H](c2ccccc2)[C@H]1c1cnn(C2CC2)c1. The number of Topliss-reactive ketones (excluding diaryl/α,β-unsaturated/α-hetero) is 1. The minimum Gasteiger partial charge on any atom is -0.389 e. The fraction of sp³-hybridized carbons (Fsp3) is 0.412. The first kappa shape index (κ1) is 12.8. The third-order valence-corrected chi connectivity index (χ3v) is 4.66. The summed E-state index contributed by atoms with van der Waals surface area (Å²) >= 11 is 0. The summed E-state index contributed by atoms with van der Waals surface area (Å²) in [4.78, 5) is 12.0. The van der Waals surface area contributed by atoms with Gasteiger partial charge in [0, 0.05) is 24.0 Å². The van der Waals surface area contributed by atoms with Crippen LogP contribution < -0.4 is 0 Å². The highest BCUT2D eigenvalue weighted by Gasteiger charge is 2.55. The number of ketones is 1. The monoisotopic (exact) mass is 282 g/mol. The molecule has 0 spiro atoms. The summed E-state index contributed by atoms with van der Waals surface area (Å²) in [5.74, 6) is 0.185. The number of rotatable bonds is 5. The van der Waals surface area contributed by atoms with Gasteiger partial charge in [0.25, 0.3) is 0 Å². The maximum atomic E-state index is 12.0. The Morgan fingerprint density at radius 3 is 2.57 bits per heavy atom. The third kappa shape index (κ3) is 2.20. The second kappa shape index (κ2) is 4.81. The molecule has 0 aliphatic heterocycles. The smallest absolute Gasteiger partial charge is 0.162 e. The largest absolute Gasteiger partial charge is 0.389 e. The van der Waals surface area contributed by atoms with Gasteiger partial charge in [0.05, 0.1) is 12.2 Å². The summed E-state index contributed by atoms with van der Waals surface area (Å²) in [7, 11) is 0. The highest BCUT2D eigenvalue weighted by molar-refractivity contribution is 5.88. The standard InChI is InChI=1S/C17H18N2O2/c20-10-14(21)17-15(11-4-2-1-3-5-11)16(17)12-8-18-19(9-12)13-6-7-13/h1-5,8-9,13,15-17,20H,6-7,10H2/t15-,16-,17-/m1/s1. The van der Waals surface area contributed by atoms with Crippen LogP contribution in [0.3, 0.4) is 0 Å². The number of benzene rings is 1. The number of carbonyl (C=O) groups excluding carboxylic acids is 1. The van der Waals surface area contributed by atoms with E-state index in [1.807, 2.05) is 29.1 Å². The van der Waals surface area contributed by atoms with Crippen LogP contribution in [0.15, 0.2) is 42.7 Å². The molecule has 21 heavy (non-hydrogen) atoms. The molecule has 4 rings (SSSR count). The molecule has 1 aromatic carbocycles. The second-order valence-electron chi connectivity index (χ2n) is 6.10. The fourth-order valence-corrected chi connectivity index (χ4v) is 3.39. The number of aliphatic hydroxyl groups is 1. The normalized spacial score (nSPS) is 27.6. The van der Waals surface area contributed by atoms with E-state index in [1.54, 1.807) is 0 Å². The summed E-state index contributed by atoms with van der Waals surface area (Å²) < 4.78 is 2.02. The first-order valence-electron chi connectivity index (χ1n) is 7.52. The Kier molecular flexibility index (Phi) is 2.93. The van der Waals surface area contributed by atoms with Crippen LogP contribution in [0, 0.1) is 5.92 Å². The van der Waals surface area contributed by atoms with Gasteiger partial charge in [0.15, 0.2) is 5.78 Å². The summed E-state index contributed by atoms with van der Waals surface area (Å²) in [5, 5.41) is 13.6. The van der Waals surface area contributed by atoms with Gasteiger partial charge in [-0.15, -0.1) is 0 Å². The zero-order valence-electron chi connectivity index (χ0n) is 11.7. The van der Waals surface area contributed by atoms with Crippen LogP contribution in [0.5, 0.6) is 0 Å². The topological polar surface area (TPSA) is 55.1 Å². The summed E-state index contributed by atoms with van der Waals surface area (Å²) in [6.07, 6.45) is 6.38. The van der Waals surface area contributed by atoms with E-state index in [9.17, 15) is 9.90 Å². The Labute approximate surface area is 123 Å². The Hall–Kier alpha value is -1.94. The zero-order valence-corrected chi connectivity index (χ0v) is 11.7. The van der Waals surface area contributed by atoms with Crippen LogP contribution in [0.1, 0.15) is 41.8 Å². The number of aliphatic hydroxyl groups excluding tert-OH is 1. The first-order chi connectivity index (χ1) is 10.3. The molecule has 2 aliphatic carbocycles. The van der Waals surface area contributed by atoms with Crippen LogP contribution in [0.25, 0.3) is 0 Å². The lowest BCUT2D eigenvalue weighted by molar-refractivity contribution is -0.123. The highest BCUT2D eigenvalue weighted by Crippen LogP contribution is 2.60. The number of hydrogen-bond acceptors (Lipinski definition) is 3. The molecule has 3 atom stereocenters. The number of hydrogen-bond donors (Lipinski definition) is 1. The van der Waals surface area contributed by atoms with Crippen molar-refractivity contribution < 1.29 is 9.90 Å². The molecule has 2 aromatic rings. The van der Waals surface area contributed by atoms with Crippen molar-refractivity contribution in [3.8, 4) is 0 Å². The van der Waals surface area contributed by atoms with E-state index in [0.717, 1.165) is 5.56 Å². The van der Waals surface area contributed by atoms with Gasteiger partial charge >= 0.3 is 0 Å². The van der Waals surface area contributed by atoms with Crippen LogP contribution in [-0.2, 0) is 4.79 Å². The molecule has 4 heteroatoms. The summed E-state index contributed by atoms with van der Waals surface area (Å²) in [6.45, 7) is -0.374. The summed E-state index contributed by atoms with van der Waals surface area (Å²) in [6, 6.07) is 10.7. The molecule has 0 amide bonds. The van der Waals surface area contributed by atoms with Crippen molar-refractivity contribution in [1.82, 2.24) is 9.78 Å². The molecule has 2 fully saturated rings. The molecule has 2 saturated carbocycles. The van der Waals surface area contributed by atoms with E-state index in [-0.39, 0.29) is 30.1 Å². The molecule has 0 radical (unpaired) electrons. The lowest BCUT2D eigenvalue weighted by Gasteiger charge is -1.98. The van der Waals surface area contributed by atoms with E-state index in [0.29, 0.717) is 6.04 Å². The molecule has 108 valence electrons. The van der Waals surface area contributed by atoms with Crippen molar-refractivity contribution >= 4 is 5.78 Å². The average Bonchev–Trinajstić information content (AvgIpc) is 3.45. The fourth-order valence-electron chi connectivity index (χ4n) is 3.39. The van der Waals surface area contributed by atoms with Crippen LogP contribution in [0.2, 0.25) is 0 Å². The molecular weight excluding hydrogens is 264 g/mol. The number of carbonyl (C=O) groups is 1. The van der Waals surface area contributed by atoms with Crippen LogP contribution in [0.4, 0.5) is 0 Å². The van der Waals surface area contributed by atoms with Crippen molar-refractivity contribution in [2.75, 3.05) is 6.61 Å². The predicted octanol–water partition coefficient (Wildman–Crippen LogP) is 2.28. The molecule has 4 nitrogen and oxygen atoms in total. The van der Waals surface area contributed by atoms with Gasteiger partial charge in [-0.1, -0.05) is 30.3 Å². The second-order valence-corrected chi connectivity index (χ2v) is 6.10. The molecule has 1 aromatic heterocycles. The Morgan fingerprint density at radius 1 is 1.19 bits per heavy atom. The Balaban J connectivity index is 1.63. The molecule has 2 aliphatic rings. The van der Waals surface area contributed by atoms with Gasteiger partial charge in [0.1, 0.15) is 6.61 Å². The van der Waals surface area contributed by atoms with Crippen LogP contribution >= 0.6 is 0 Å². The van der Waals surface area contributed by atoms with Crippen LogP contribution in [-0.4, -0.2) is 27.3 Å². The van der Waals surface area contributed by atoms with Crippen molar-refractivity contribution in [2.24, 2.45) is 5.92 Å². The first-order valence-corrected chi connectivity index (χ1v) is 7.52. The van der Waals surface area contributed by atoms with Gasteiger partial charge in [-0.05, 0) is 24.0 Å². The van der Waals surface area contributed by atoms with Crippen molar-refractivity contribution in [1.29, 1.82) is 0 Å². The Bertz CT molecular complexity index is 660. The van der Waals surface area contributed by atoms with Gasteiger partial charge in [-0.3, -0.25) is 9.48 Å². The molecule has 0 unspecified atom stereocenters. The van der Waals surface area contributed by atoms with E-state index in [1.165, 1.54) is 18.4 Å². The predicted molar refractivity (Wildman–Crippen MR) is 78.0 cm³/mol. The molecule has 1 N–H and O–H groups in total. The third-order valence-electron chi connectivity index (χ3n) is 4.66. The zero-order chi connectivity index (χ0) is 14.4. The van der Waals surface area contributed by atoms with Gasteiger partial charge in [-0.25, -0.2) is 0 Å². The van der Waals surface area contributed by atoms with E-state index >= 15 is 0 Å². The van der Waals surface area contributed by atoms with Gasteiger partial charge < -0.3 is 5.11 Å². The van der Waals surface area contributed by atoms with Crippen molar-refractivity contribution in [3.63, 3.8) is 0 Å². The Morgan fingerprint density at radius 2 is 1.90 bits per heavy atom. The lowest BCUT2D eigenvalue weighted by Crippen LogP contribution is -2.08. The van der Waals surface area contributed by atoms with Gasteiger partial charge in [-0.2, -0.15) is 5.10 Å². The maximum Gasteiger partial charge on any atom is 0.162 e. The van der Waals surface area contributed by atoms with Gasteiger partial charge in [0.2, 0.25) is 0 Å². The molecule has 0 bridgehead atoms. The quantitative estimate of drug-likeness (QED) is 0.915. The highest BCUT2D eigenvalue weighted by atomic mass is 16.3. The minimum absolute atomic E-state index is 0.0620. The van der Waals surface area contributed by atoms with Crippen molar-refractivity contribution in [2.45, 2.75) is 30.7 Å². The summed E-state index contributed by atoms with van der Waals surface area (Å²) in [5.41, 5.74) is 2.30. The average molecular weight is 282 g/mol. The molecular formula is C17H18N2O2. The number of aromatic nitrogens is 2. The lowest BCUT2D eigenvalue weighted by atomic mass is 10.1. The van der Waals surface area contributed by atoms with Crippen molar-refractivity contribution in [3.05, 3.63) is 53.9 Å². The van der Waals surface area contributed by atoms with E-state index < -0.39 is 0 Å². The van der Waals surface area contributed by atoms with E-state index in [2.05, 4.69) is 23.4 Å².